The fourth-order valence-electron chi connectivity index (χ4n) is 1.50. The van der Waals surface area contributed by atoms with Gasteiger partial charge in [-0.2, -0.15) is 0 Å². The van der Waals surface area contributed by atoms with E-state index in [1.807, 2.05) is 13.8 Å². The van der Waals surface area contributed by atoms with Gasteiger partial charge in [0.25, 0.3) is 14.2 Å². The first-order chi connectivity index (χ1) is 8.32. The van der Waals surface area contributed by atoms with Gasteiger partial charge < -0.3 is 0 Å². The third-order valence-corrected chi connectivity index (χ3v) is 4.21. The van der Waals surface area contributed by atoms with Gasteiger partial charge in [0.2, 0.25) is 0 Å². The van der Waals surface area contributed by atoms with Crippen LogP contribution >= 0.6 is 22.2 Å². The Balaban J connectivity index is 2.72. The number of nitrogens with zero attached hydrogens (tertiary/aromatic N) is 5. The Morgan fingerprint density at radius 1 is 1.28 bits per heavy atom. The van der Waals surface area contributed by atoms with E-state index in [0.717, 1.165) is 11.5 Å². The van der Waals surface area contributed by atoms with Crippen LogP contribution in [-0.4, -0.2) is 32.8 Å². The lowest BCUT2D eigenvalue weighted by Crippen LogP contribution is -2.10. The number of hydrogen-bond donors (Lipinski definition) is 0. The Hall–Kier alpha value is -1.06. The van der Waals surface area contributed by atoms with Gasteiger partial charge >= 0.3 is 0 Å². The molecule has 0 aromatic carbocycles. The molecular formula is C8H10ClN5O2S2. The molecule has 0 aliphatic rings. The molecule has 0 saturated heterocycles. The summed E-state index contributed by atoms with van der Waals surface area (Å²) in [7, 11) is 1.41. The van der Waals surface area contributed by atoms with Crippen LogP contribution in [0.15, 0.2) is 5.16 Å². The second-order valence-electron chi connectivity index (χ2n) is 3.90. The van der Waals surface area contributed by atoms with Crippen molar-refractivity contribution in [2.24, 2.45) is 0 Å². The molecule has 0 saturated carbocycles. The molecular weight excluding hydrogens is 298 g/mol. The smallest absolute Gasteiger partial charge is 0.293 e. The quantitative estimate of drug-likeness (QED) is 0.800. The number of aromatic nitrogens is 5. The first kappa shape index (κ1) is 13.4. The fraction of sp³-hybridized carbons (Fsp3) is 0.500. The van der Waals surface area contributed by atoms with Crippen LogP contribution in [0.4, 0.5) is 0 Å². The van der Waals surface area contributed by atoms with Crippen LogP contribution in [0.1, 0.15) is 25.6 Å². The molecule has 2 heterocycles. The Morgan fingerprint density at radius 3 is 2.39 bits per heavy atom. The molecule has 7 nitrogen and oxygen atoms in total. The number of hydrogen-bond acceptors (Lipinski definition) is 7. The van der Waals surface area contributed by atoms with Gasteiger partial charge in [0.05, 0.1) is 5.69 Å². The minimum atomic E-state index is -3.94. The van der Waals surface area contributed by atoms with Crippen molar-refractivity contribution >= 4 is 31.3 Å². The van der Waals surface area contributed by atoms with Crippen LogP contribution in [0, 0.1) is 6.92 Å². The van der Waals surface area contributed by atoms with Crippen LogP contribution in [0.25, 0.3) is 10.7 Å². The molecule has 2 rings (SSSR count). The van der Waals surface area contributed by atoms with Gasteiger partial charge in [-0.15, -0.1) is 15.3 Å². The summed E-state index contributed by atoms with van der Waals surface area (Å²) in [5, 5.41) is 11.1. The van der Waals surface area contributed by atoms with Crippen molar-refractivity contribution in [1.82, 2.24) is 24.4 Å². The summed E-state index contributed by atoms with van der Waals surface area (Å²) in [4.78, 5) is 0.683. The minimum absolute atomic E-state index is 0.153. The highest BCUT2D eigenvalue weighted by atomic mass is 35.7. The molecule has 0 atom stereocenters. The van der Waals surface area contributed by atoms with Crippen LogP contribution in [-0.2, 0) is 9.05 Å². The lowest BCUT2D eigenvalue weighted by atomic mass is 10.3. The van der Waals surface area contributed by atoms with Gasteiger partial charge in [-0.25, -0.2) is 8.42 Å². The van der Waals surface area contributed by atoms with Crippen molar-refractivity contribution in [3.05, 3.63) is 5.69 Å². The summed E-state index contributed by atoms with van der Waals surface area (Å²) in [5.74, 6) is 0.414. The van der Waals surface area contributed by atoms with E-state index in [4.69, 9.17) is 10.7 Å². The van der Waals surface area contributed by atoms with Gasteiger partial charge in [-0.3, -0.25) is 4.57 Å². The molecule has 0 aliphatic carbocycles. The van der Waals surface area contributed by atoms with E-state index in [-0.39, 0.29) is 11.2 Å². The zero-order chi connectivity index (χ0) is 13.5. The molecule has 0 bridgehead atoms. The van der Waals surface area contributed by atoms with E-state index in [9.17, 15) is 8.42 Å². The molecule has 0 unspecified atom stereocenters. The van der Waals surface area contributed by atoms with Crippen molar-refractivity contribution < 1.29 is 8.42 Å². The molecule has 0 spiro atoms. The van der Waals surface area contributed by atoms with Crippen LogP contribution in [0.3, 0.4) is 0 Å². The zero-order valence-electron chi connectivity index (χ0n) is 9.82. The standard InChI is InChI=1S/C8H10ClN5O2S2/c1-4(2)14-7(6-5(3)10-13-17-6)11-12-8(14)18(9,15)16/h4H,1-3H3. The summed E-state index contributed by atoms with van der Waals surface area (Å²) in [6, 6.07) is -0.153. The zero-order valence-corrected chi connectivity index (χ0v) is 12.2. The molecule has 2 aromatic heterocycles. The lowest BCUT2D eigenvalue weighted by Gasteiger charge is -2.11. The van der Waals surface area contributed by atoms with Gasteiger partial charge in [0, 0.05) is 16.7 Å². The SMILES string of the molecule is Cc1nnsc1-c1nnc(S(=O)(=O)Cl)n1C(C)C. The van der Waals surface area contributed by atoms with E-state index >= 15 is 0 Å². The van der Waals surface area contributed by atoms with Crippen molar-refractivity contribution in [3.8, 4) is 10.7 Å². The van der Waals surface area contributed by atoms with Crippen molar-refractivity contribution in [2.75, 3.05) is 0 Å². The van der Waals surface area contributed by atoms with Gasteiger partial charge in [-0.05, 0) is 32.3 Å². The van der Waals surface area contributed by atoms with Crippen LogP contribution in [0.5, 0.6) is 0 Å². The summed E-state index contributed by atoms with van der Waals surface area (Å²) < 4.78 is 28.1. The molecule has 98 valence electrons. The van der Waals surface area contributed by atoms with E-state index in [0.29, 0.717) is 16.4 Å². The van der Waals surface area contributed by atoms with Crippen molar-refractivity contribution in [1.29, 1.82) is 0 Å². The van der Waals surface area contributed by atoms with E-state index in [1.54, 1.807) is 6.92 Å². The molecule has 10 heteroatoms. The van der Waals surface area contributed by atoms with Crippen molar-refractivity contribution in [2.45, 2.75) is 32.0 Å². The largest absolute Gasteiger partial charge is 0.296 e. The fourth-order valence-corrected chi connectivity index (χ4v) is 3.13. The van der Waals surface area contributed by atoms with Gasteiger partial charge in [-0.1, -0.05) is 4.49 Å². The normalized spacial score (nSPS) is 12.3. The summed E-state index contributed by atoms with van der Waals surface area (Å²) >= 11 is 1.14. The number of rotatable bonds is 3. The predicted octanol–water partition coefficient (Wildman–Crippen LogP) is 1.61. The molecule has 0 radical (unpaired) electrons. The topological polar surface area (TPSA) is 90.6 Å². The van der Waals surface area contributed by atoms with Gasteiger partial charge in [0.1, 0.15) is 4.88 Å². The molecule has 0 N–H and O–H groups in total. The maximum atomic E-state index is 11.4. The summed E-state index contributed by atoms with van der Waals surface area (Å²) in [5.41, 5.74) is 0.674. The Morgan fingerprint density at radius 2 is 1.94 bits per heavy atom. The van der Waals surface area contributed by atoms with Crippen LogP contribution in [0.2, 0.25) is 0 Å². The highest BCUT2D eigenvalue weighted by Gasteiger charge is 2.26. The monoisotopic (exact) mass is 307 g/mol. The second-order valence-corrected chi connectivity index (χ2v) is 7.11. The number of aryl methyl sites for hydroxylation is 1. The van der Waals surface area contributed by atoms with E-state index in [1.165, 1.54) is 4.57 Å². The third kappa shape index (κ3) is 2.25. The average Bonchev–Trinajstić information content (AvgIpc) is 2.80. The van der Waals surface area contributed by atoms with E-state index in [2.05, 4.69) is 19.8 Å². The number of halogens is 1. The molecule has 2 aromatic rings. The highest BCUT2D eigenvalue weighted by molar-refractivity contribution is 8.13. The third-order valence-electron chi connectivity index (χ3n) is 2.25. The Bertz CT molecular complexity index is 675. The summed E-state index contributed by atoms with van der Waals surface area (Å²) in [6.45, 7) is 5.41. The second kappa shape index (κ2) is 4.56. The summed E-state index contributed by atoms with van der Waals surface area (Å²) in [6.07, 6.45) is 0. The molecule has 0 fully saturated rings. The molecule has 18 heavy (non-hydrogen) atoms. The average molecular weight is 308 g/mol. The lowest BCUT2D eigenvalue weighted by molar-refractivity contribution is 0.531. The minimum Gasteiger partial charge on any atom is -0.293 e. The van der Waals surface area contributed by atoms with E-state index < -0.39 is 9.05 Å². The Labute approximate surface area is 112 Å². The molecule has 0 amide bonds. The maximum Gasteiger partial charge on any atom is 0.296 e. The first-order valence-electron chi connectivity index (χ1n) is 5.01. The van der Waals surface area contributed by atoms with Gasteiger partial charge in [0.15, 0.2) is 5.82 Å². The highest BCUT2D eigenvalue weighted by Crippen LogP contribution is 2.29. The predicted molar refractivity (Wildman–Crippen MR) is 67.1 cm³/mol. The first-order valence-corrected chi connectivity index (χ1v) is 8.09. The molecule has 0 aliphatic heterocycles. The maximum absolute atomic E-state index is 11.4. The van der Waals surface area contributed by atoms with Crippen LogP contribution < -0.4 is 0 Å². The van der Waals surface area contributed by atoms with Crippen molar-refractivity contribution in [3.63, 3.8) is 0 Å². The Kier molecular flexibility index (Phi) is 3.39.